The van der Waals surface area contributed by atoms with Crippen molar-refractivity contribution < 1.29 is 8.83 Å². The molecule has 0 saturated heterocycles. The van der Waals surface area contributed by atoms with Gasteiger partial charge in [-0.1, -0.05) is 0 Å². The predicted molar refractivity (Wildman–Crippen MR) is 44.2 cm³/mol. The summed E-state index contributed by atoms with van der Waals surface area (Å²) < 4.78 is 10.2. The fourth-order valence-corrected chi connectivity index (χ4v) is 1.22. The first-order chi connectivity index (χ1) is 5.66. The summed E-state index contributed by atoms with van der Waals surface area (Å²) in [5.74, 6) is 0.752. The molecule has 2 aromatic heterocycles. The van der Waals surface area contributed by atoms with Gasteiger partial charge in [-0.2, -0.15) is 0 Å². The molecule has 2 rings (SSSR count). The Labute approximate surface area is 68.6 Å². The molecule has 0 amide bonds. The Kier molecular flexibility index (Phi) is 1.33. The standard InChI is InChI=1S/C9H8O3/c1-5-3-8(10)12-7-4-6(2)11-9(5)7/h3-4H,1-2H3. The average molecular weight is 164 g/mol. The van der Waals surface area contributed by atoms with Gasteiger partial charge >= 0.3 is 5.63 Å². The third-order valence-electron chi connectivity index (χ3n) is 1.72. The van der Waals surface area contributed by atoms with Gasteiger partial charge < -0.3 is 8.83 Å². The monoisotopic (exact) mass is 164 g/mol. The van der Waals surface area contributed by atoms with Crippen molar-refractivity contribution in [1.29, 1.82) is 0 Å². The number of hydrogen-bond acceptors (Lipinski definition) is 3. The van der Waals surface area contributed by atoms with Crippen molar-refractivity contribution in [1.82, 2.24) is 0 Å². The van der Waals surface area contributed by atoms with Gasteiger partial charge in [-0.15, -0.1) is 0 Å². The van der Waals surface area contributed by atoms with E-state index in [4.69, 9.17) is 8.83 Å². The van der Waals surface area contributed by atoms with Crippen molar-refractivity contribution >= 4 is 11.2 Å². The molecule has 0 aliphatic heterocycles. The molecule has 62 valence electrons. The van der Waals surface area contributed by atoms with E-state index in [2.05, 4.69) is 0 Å². The van der Waals surface area contributed by atoms with E-state index in [1.807, 2.05) is 13.8 Å². The van der Waals surface area contributed by atoms with E-state index in [-0.39, 0.29) is 5.63 Å². The second-order valence-electron chi connectivity index (χ2n) is 2.80. The Hall–Kier alpha value is -1.51. The maximum atomic E-state index is 10.9. The Morgan fingerprint density at radius 2 is 1.92 bits per heavy atom. The molecule has 0 aromatic carbocycles. The lowest BCUT2D eigenvalue weighted by Gasteiger charge is -1.89. The molecule has 12 heavy (non-hydrogen) atoms. The molecular formula is C9H8O3. The van der Waals surface area contributed by atoms with Crippen LogP contribution >= 0.6 is 0 Å². The van der Waals surface area contributed by atoms with E-state index in [9.17, 15) is 4.79 Å². The molecule has 0 unspecified atom stereocenters. The molecule has 0 saturated carbocycles. The molecule has 3 heteroatoms. The third-order valence-corrected chi connectivity index (χ3v) is 1.72. The first-order valence-corrected chi connectivity index (χ1v) is 3.68. The van der Waals surface area contributed by atoms with Gasteiger partial charge in [-0.05, 0) is 13.8 Å². The summed E-state index contributed by atoms with van der Waals surface area (Å²) in [6.45, 7) is 3.64. The number of furan rings is 1. The highest BCUT2D eigenvalue weighted by Gasteiger charge is 2.06. The zero-order valence-corrected chi connectivity index (χ0v) is 6.88. The summed E-state index contributed by atoms with van der Waals surface area (Å²) in [5.41, 5.74) is 1.67. The average Bonchev–Trinajstić information content (AvgIpc) is 2.29. The van der Waals surface area contributed by atoms with Gasteiger partial charge in [0, 0.05) is 17.7 Å². The van der Waals surface area contributed by atoms with E-state index in [1.165, 1.54) is 6.07 Å². The van der Waals surface area contributed by atoms with Crippen LogP contribution in [0.2, 0.25) is 0 Å². The molecule has 3 nitrogen and oxygen atoms in total. The lowest BCUT2D eigenvalue weighted by Crippen LogP contribution is -1.95. The minimum Gasteiger partial charge on any atom is -0.458 e. The summed E-state index contributed by atoms with van der Waals surface area (Å²) in [4.78, 5) is 10.9. The highest BCUT2D eigenvalue weighted by atomic mass is 16.4. The summed E-state index contributed by atoms with van der Waals surface area (Å²) >= 11 is 0. The maximum Gasteiger partial charge on any atom is 0.336 e. The summed E-state index contributed by atoms with van der Waals surface area (Å²) in [6, 6.07) is 3.13. The molecule has 0 spiro atoms. The van der Waals surface area contributed by atoms with Crippen molar-refractivity contribution in [3.8, 4) is 0 Å². The predicted octanol–water partition coefficient (Wildman–Crippen LogP) is 2.00. The van der Waals surface area contributed by atoms with Crippen LogP contribution in [-0.2, 0) is 0 Å². The first kappa shape index (κ1) is 7.16. The van der Waals surface area contributed by atoms with Crippen LogP contribution < -0.4 is 5.63 Å². The molecule has 0 fully saturated rings. The second-order valence-corrected chi connectivity index (χ2v) is 2.80. The molecule has 0 bridgehead atoms. The zero-order chi connectivity index (χ0) is 8.72. The minimum absolute atomic E-state index is 0.333. The van der Waals surface area contributed by atoms with Gasteiger partial charge in [-0.3, -0.25) is 0 Å². The van der Waals surface area contributed by atoms with Gasteiger partial charge in [0.25, 0.3) is 0 Å². The highest BCUT2D eigenvalue weighted by molar-refractivity contribution is 5.74. The molecule has 0 radical (unpaired) electrons. The van der Waals surface area contributed by atoms with Gasteiger partial charge in [-0.25, -0.2) is 4.79 Å². The van der Waals surface area contributed by atoms with Crippen molar-refractivity contribution in [3.63, 3.8) is 0 Å². The van der Waals surface area contributed by atoms with Crippen LogP contribution in [0, 0.1) is 13.8 Å². The van der Waals surface area contributed by atoms with E-state index < -0.39 is 0 Å². The topological polar surface area (TPSA) is 43.4 Å². The van der Waals surface area contributed by atoms with Crippen molar-refractivity contribution in [3.05, 3.63) is 33.9 Å². The summed E-state index contributed by atoms with van der Waals surface area (Å²) in [6.07, 6.45) is 0. The van der Waals surface area contributed by atoms with Crippen LogP contribution in [0.15, 0.2) is 25.8 Å². The fraction of sp³-hybridized carbons (Fsp3) is 0.222. The smallest absolute Gasteiger partial charge is 0.336 e. The van der Waals surface area contributed by atoms with Crippen LogP contribution in [0.1, 0.15) is 11.3 Å². The SMILES string of the molecule is Cc1cc2oc(=O)cc(C)c2o1. The number of hydrogen-bond donors (Lipinski definition) is 0. The fourth-order valence-electron chi connectivity index (χ4n) is 1.22. The second kappa shape index (κ2) is 2.24. The van der Waals surface area contributed by atoms with Gasteiger partial charge in [0.05, 0.1) is 0 Å². The third kappa shape index (κ3) is 0.942. The molecule has 0 N–H and O–H groups in total. The lowest BCUT2D eigenvalue weighted by molar-refractivity contribution is 0.541. The number of fused-ring (bicyclic) bond motifs is 1. The van der Waals surface area contributed by atoms with E-state index in [0.717, 1.165) is 11.3 Å². The molecule has 0 aliphatic rings. The van der Waals surface area contributed by atoms with Crippen molar-refractivity contribution in [2.75, 3.05) is 0 Å². The Bertz CT molecular complexity index is 476. The Balaban J connectivity index is 2.97. The van der Waals surface area contributed by atoms with Gasteiger partial charge in [0.1, 0.15) is 5.76 Å². The van der Waals surface area contributed by atoms with E-state index in [1.54, 1.807) is 6.07 Å². The van der Waals surface area contributed by atoms with Crippen molar-refractivity contribution in [2.24, 2.45) is 0 Å². The van der Waals surface area contributed by atoms with Gasteiger partial charge in [0.15, 0.2) is 11.2 Å². The molecule has 2 heterocycles. The van der Waals surface area contributed by atoms with Crippen LogP contribution in [0.3, 0.4) is 0 Å². The maximum absolute atomic E-state index is 10.9. The zero-order valence-electron chi connectivity index (χ0n) is 6.88. The molecule has 2 aromatic rings. The summed E-state index contributed by atoms with van der Waals surface area (Å²) in [7, 11) is 0. The van der Waals surface area contributed by atoms with Crippen LogP contribution in [0.4, 0.5) is 0 Å². The minimum atomic E-state index is -0.333. The van der Waals surface area contributed by atoms with Crippen LogP contribution in [0.25, 0.3) is 11.2 Å². The number of rotatable bonds is 0. The summed E-state index contributed by atoms with van der Waals surface area (Å²) in [5, 5.41) is 0. The molecular weight excluding hydrogens is 156 g/mol. The Morgan fingerprint density at radius 1 is 1.17 bits per heavy atom. The first-order valence-electron chi connectivity index (χ1n) is 3.68. The number of aryl methyl sites for hydroxylation is 2. The van der Waals surface area contributed by atoms with Gasteiger partial charge in [0.2, 0.25) is 0 Å². The quantitative estimate of drug-likeness (QED) is 0.598. The van der Waals surface area contributed by atoms with Crippen LogP contribution in [0.5, 0.6) is 0 Å². The normalized spacial score (nSPS) is 10.8. The van der Waals surface area contributed by atoms with Crippen molar-refractivity contribution in [2.45, 2.75) is 13.8 Å². The molecule has 0 aliphatic carbocycles. The van der Waals surface area contributed by atoms with Crippen LogP contribution in [-0.4, -0.2) is 0 Å². The van der Waals surface area contributed by atoms with E-state index >= 15 is 0 Å². The Morgan fingerprint density at radius 3 is 2.67 bits per heavy atom. The van der Waals surface area contributed by atoms with E-state index in [0.29, 0.717) is 11.2 Å². The lowest BCUT2D eigenvalue weighted by atomic mass is 10.3. The molecule has 0 atom stereocenters. The largest absolute Gasteiger partial charge is 0.458 e. The highest BCUT2D eigenvalue weighted by Crippen LogP contribution is 2.19.